The predicted molar refractivity (Wildman–Crippen MR) is 127 cm³/mol. The molecule has 0 spiro atoms. The second-order valence-electron chi connectivity index (χ2n) is 8.97. The molecule has 0 bridgehead atoms. The number of benzene rings is 1. The van der Waals surface area contributed by atoms with Gasteiger partial charge in [0, 0.05) is 64.0 Å². The van der Waals surface area contributed by atoms with E-state index in [1.807, 2.05) is 11.0 Å². The van der Waals surface area contributed by atoms with Crippen molar-refractivity contribution in [1.82, 2.24) is 20.1 Å². The number of aromatic nitrogens is 1. The Morgan fingerprint density at radius 3 is 2.67 bits per heavy atom. The number of pyridine rings is 1. The lowest BCUT2D eigenvalue weighted by molar-refractivity contribution is -0.129. The van der Waals surface area contributed by atoms with Crippen molar-refractivity contribution in [1.29, 1.82) is 0 Å². The summed E-state index contributed by atoms with van der Waals surface area (Å²) >= 11 is 0. The van der Waals surface area contributed by atoms with E-state index in [1.54, 1.807) is 25.3 Å². The molecular formula is C25H33N5O3. The van der Waals surface area contributed by atoms with Crippen LogP contribution in [0.25, 0.3) is 0 Å². The van der Waals surface area contributed by atoms with E-state index in [0.29, 0.717) is 17.9 Å². The van der Waals surface area contributed by atoms with Crippen molar-refractivity contribution < 1.29 is 14.7 Å². The Morgan fingerprint density at radius 1 is 1.15 bits per heavy atom. The molecule has 33 heavy (non-hydrogen) atoms. The molecule has 2 aliphatic heterocycles. The van der Waals surface area contributed by atoms with E-state index < -0.39 is 6.10 Å². The molecule has 3 N–H and O–H groups in total. The van der Waals surface area contributed by atoms with Gasteiger partial charge in [-0.15, -0.1) is 0 Å². The number of nitrogens with zero attached hydrogens (tertiary/aromatic N) is 3. The summed E-state index contributed by atoms with van der Waals surface area (Å²) in [6.07, 6.45) is 3.67. The van der Waals surface area contributed by atoms with Gasteiger partial charge in [-0.2, -0.15) is 0 Å². The number of amides is 2. The molecule has 0 saturated carbocycles. The first kappa shape index (κ1) is 23.2. The average Bonchev–Trinajstić information content (AvgIpc) is 2.83. The van der Waals surface area contributed by atoms with Gasteiger partial charge < -0.3 is 20.6 Å². The number of rotatable bonds is 7. The summed E-state index contributed by atoms with van der Waals surface area (Å²) in [6, 6.07) is 12.0. The lowest BCUT2D eigenvalue weighted by Gasteiger charge is -2.32. The third kappa shape index (κ3) is 6.30. The van der Waals surface area contributed by atoms with Crippen LogP contribution in [0.1, 0.15) is 41.3 Å². The minimum absolute atomic E-state index is 0.109. The van der Waals surface area contributed by atoms with E-state index in [4.69, 9.17) is 0 Å². The van der Waals surface area contributed by atoms with Gasteiger partial charge in [-0.3, -0.25) is 14.5 Å². The molecule has 1 aromatic carbocycles. The van der Waals surface area contributed by atoms with Crippen LogP contribution in [0.5, 0.6) is 0 Å². The van der Waals surface area contributed by atoms with Gasteiger partial charge in [0.25, 0.3) is 5.91 Å². The third-order valence-electron chi connectivity index (χ3n) is 6.49. The number of hydrogen-bond donors (Lipinski definition) is 3. The van der Waals surface area contributed by atoms with E-state index in [1.165, 1.54) is 11.1 Å². The molecule has 2 aromatic rings. The van der Waals surface area contributed by atoms with Crippen LogP contribution in [0, 0.1) is 0 Å². The summed E-state index contributed by atoms with van der Waals surface area (Å²) in [4.78, 5) is 32.5. The summed E-state index contributed by atoms with van der Waals surface area (Å²) in [5.74, 6) is 0.531. The number of aliphatic hydroxyl groups is 1. The van der Waals surface area contributed by atoms with Gasteiger partial charge >= 0.3 is 0 Å². The smallest absolute Gasteiger partial charge is 0.251 e. The summed E-state index contributed by atoms with van der Waals surface area (Å²) < 4.78 is 0. The van der Waals surface area contributed by atoms with Crippen LogP contribution < -0.4 is 10.6 Å². The molecule has 1 saturated heterocycles. The van der Waals surface area contributed by atoms with E-state index >= 15 is 0 Å². The van der Waals surface area contributed by atoms with Crippen LogP contribution in [-0.2, 0) is 17.8 Å². The van der Waals surface area contributed by atoms with E-state index in [0.717, 1.165) is 45.4 Å². The number of fused-ring (bicyclic) bond motifs is 1. The number of β-amino-alcohol motifs (C(OH)–C–C–N with tert-alkyl or cyclic N) is 1. The molecule has 176 valence electrons. The molecule has 1 aromatic heterocycles. The van der Waals surface area contributed by atoms with E-state index in [2.05, 4.69) is 38.7 Å². The van der Waals surface area contributed by atoms with Gasteiger partial charge in [0.1, 0.15) is 5.82 Å². The highest BCUT2D eigenvalue weighted by molar-refractivity contribution is 5.94. The van der Waals surface area contributed by atoms with Crippen molar-refractivity contribution in [2.75, 3.05) is 38.0 Å². The van der Waals surface area contributed by atoms with Crippen LogP contribution in [0.15, 0.2) is 42.6 Å². The molecule has 2 amide bonds. The first-order valence-corrected chi connectivity index (χ1v) is 11.7. The van der Waals surface area contributed by atoms with Gasteiger partial charge in [-0.05, 0) is 42.5 Å². The van der Waals surface area contributed by atoms with Gasteiger partial charge in [0.05, 0.1) is 6.10 Å². The Kier molecular flexibility index (Phi) is 7.57. The fraction of sp³-hybridized carbons (Fsp3) is 0.480. The number of carbonyl (C=O) groups is 2. The first-order chi connectivity index (χ1) is 16.0. The number of anilines is 1. The number of likely N-dealkylation sites (tertiary alicyclic amines) is 1. The first-order valence-electron chi connectivity index (χ1n) is 11.7. The molecule has 0 unspecified atom stereocenters. The molecule has 1 fully saturated rings. The van der Waals surface area contributed by atoms with Crippen LogP contribution in [-0.4, -0.2) is 76.6 Å². The summed E-state index contributed by atoms with van der Waals surface area (Å²) in [7, 11) is 0. The zero-order chi connectivity index (χ0) is 23.2. The molecule has 1 atom stereocenters. The number of piperidine rings is 1. The van der Waals surface area contributed by atoms with Crippen molar-refractivity contribution in [3.8, 4) is 0 Å². The second kappa shape index (κ2) is 10.8. The highest BCUT2D eigenvalue weighted by atomic mass is 16.3. The van der Waals surface area contributed by atoms with E-state index in [-0.39, 0.29) is 24.4 Å². The fourth-order valence-corrected chi connectivity index (χ4v) is 4.58. The maximum Gasteiger partial charge on any atom is 0.251 e. The predicted octanol–water partition coefficient (Wildman–Crippen LogP) is 1.65. The van der Waals surface area contributed by atoms with Crippen molar-refractivity contribution in [3.63, 3.8) is 0 Å². The minimum Gasteiger partial charge on any atom is -0.390 e. The van der Waals surface area contributed by atoms with E-state index in [9.17, 15) is 14.7 Å². The quantitative estimate of drug-likeness (QED) is 0.592. The largest absolute Gasteiger partial charge is 0.390 e. The molecule has 8 heteroatoms. The number of nitrogens with one attached hydrogen (secondary N) is 2. The van der Waals surface area contributed by atoms with Crippen molar-refractivity contribution in [3.05, 3.63) is 59.3 Å². The molecule has 0 radical (unpaired) electrons. The Balaban J connectivity index is 1.23. The number of carbonyl (C=O) groups excluding carboxylic acids is 2. The van der Waals surface area contributed by atoms with Gasteiger partial charge in [-0.25, -0.2) is 4.98 Å². The van der Waals surface area contributed by atoms with Crippen LogP contribution in [0.2, 0.25) is 0 Å². The zero-order valence-corrected chi connectivity index (χ0v) is 19.2. The molecule has 4 rings (SSSR count). The standard InChI is InChI=1S/C25H33N5O3/c1-18(31)30-12-8-22(9-13-30)28-24-14-20(6-10-26-24)25(33)27-15-23(32)17-29-11-7-19-4-2-3-5-21(19)16-29/h2-6,10,14,22-23,32H,7-9,11-13,15-17H2,1H3,(H,26,28)(H,27,33)/t23-/m1/s1. The monoisotopic (exact) mass is 451 g/mol. The summed E-state index contributed by atoms with van der Waals surface area (Å²) in [5, 5.41) is 16.7. The minimum atomic E-state index is -0.634. The maximum absolute atomic E-state index is 12.6. The number of aliphatic hydroxyl groups excluding tert-OH is 1. The fourth-order valence-electron chi connectivity index (χ4n) is 4.58. The lowest BCUT2D eigenvalue weighted by Crippen LogP contribution is -2.42. The Bertz CT molecular complexity index is 974. The van der Waals surface area contributed by atoms with Crippen LogP contribution in [0.4, 0.5) is 5.82 Å². The Hall–Kier alpha value is -2.97. The number of hydrogen-bond acceptors (Lipinski definition) is 6. The van der Waals surface area contributed by atoms with Gasteiger partial charge in [-0.1, -0.05) is 24.3 Å². The molecule has 8 nitrogen and oxygen atoms in total. The second-order valence-corrected chi connectivity index (χ2v) is 8.97. The van der Waals surface area contributed by atoms with Gasteiger partial charge in [0.2, 0.25) is 5.91 Å². The molecule has 3 heterocycles. The summed E-state index contributed by atoms with van der Waals surface area (Å²) in [5.41, 5.74) is 3.19. The topological polar surface area (TPSA) is 97.8 Å². The molecule has 0 aliphatic carbocycles. The Labute approximate surface area is 195 Å². The third-order valence-corrected chi connectivity index (χ3v) is 6.49. The summed E-state index contributed by atoms with van der Waals surface area (Å²) in [6.45, 7) is 5.52. The highest BCUT2D eigenvalue weighted by Crippen LogP contribution is 2.19. The van der Waals surface area contributed by atoms with Crippen LogP contribution in [0.3, 0.4) is 0 Å². The zero-order valence-electron chi connectivity index (χ0n) is 19.2. The van der Waals surface area contributed by atoms with Gasteiger partial charge in [0.15, 0.2) is 0 Å². The maximum atomic E-state index is 12.6. The lowest BCUT2D eigenvalue weighted by atomic mass is 10.00. The SMILES string of the molecule is CC(=O)N1CCC(Nc2cc(C(=O)NC[C@@H](O)CN3CCc4ccccc4C3)ccn2)CC1. The molecular weight excluding hydrogens is 418 g/mol. The Morgan fingerprint density at radius 2 is 1.91 bits per heavy atom. The van der Waals surface area contributed by atoms with Crippen LogP contribution >= 0.6 is 0 Å². The van der Waals surface area contributed by atoms with Crippen molar-refractivity contribution in [2.24, 2.45) is 0 Å². The average molecular weight is 452 g/mol. The highest BCUT2D eigenvalue weighted by Gasteiger charge is 2.22. The normalized spacial score (nSPS) is 17.8. The van der Waals surface area contributed by atoms with Crippen molar-refractivity contribution in [2.45, 2.75) is 44.9 Å². The molecule has 2 aliphatic rings. The van der Waals surface area contributed by atoms with Crippen molar-refractivity contribution >= 4 is 17.6 Å².